The standard InChI is InChI=1S/C13H14N2O4/c1-8-6-12(16)15(14-7-8)9(2)10-4-5-11(19-10)13(17)18-3/h4-7,9H,1-3H3. The highest BCUT2D eigenvalue weighted by molar-refractivity contribution is 5.86. The molecule has 2 rings (SSSR count). The molecule has 1 unspecified atom stereocenters. The Hall–Kier alpha value is -2.37. The first-order valence-electron chi connectivity index (χ1n) is 5.76. The van der Waals surface area contributed by atoms with Crippen LogP contribution in [0.15, 0.2) is 33.6 Å². The van der Waals surface area contributed by atoms with Crippen LogP contribution in [0.3, 0.4) is 0 Å². The largest absolute Gasteiger partial charge is 0.463 e. The number of furan rings is 1. The number of ether oxygens (including phenoxy) is 1. The van der Waals surface area contributed by atoms with Gasteiger partial charge in [-0.1, -0.05) is 0 Å². The number of nitrogens with zero attached hydrogens (tertiary/aromatic N) is 2. The zero-order valence-electron chi connectivity index (χ0n) is 10.9. The number of carbonyl (C=O) groups is 1. The topological polar surface area (TPSA) is 74.3 Å². The summed E-state index contributed by atoms with van der Waals surface area (Å²) < 4.78 is 11.2. The number of methoxy groups -OCH3 is 1. The molecule has 6 heteroatoms. The molecule has 0 aliphatic carbocycles. The molecule has 100 valence electrons. The molecule has 0 aromatic carbocycles. The molecular formula is C13H14N2O4. The molecule has 0 aliphatic rings. The lowest BCUT2D eigenvalue weighted by atomic mass is 10.2. The van der Waals surface area contributed by atoms with E-state index in [1.807, 2.05) is 0 Å². The predicted octanol–water partition coefficient (Wildman–Crippen LogP) is 1.54. The minimum Gasteiger partial charge on any atom is -0.463 e. The lowest BCUT2D eigenvalue weighted by Crippen LogP contribution is -2.25. The SMILES string of the molecule is COC(=O)c1ccc(C(C)n2ncc(C)cc2=O)o1. The molecule has 0 N–H and O–H groups in total. The number of rotatable bonds is 3. The monoisotopic (exact) mass is 262 g/mol. The highest BCUT2D eigenvalue weighted by atomic mass is 16.5. The summed E-state index contributed by atoms with van der Waals surface area (Å²) in [6.45, 7) is 3.56. The van der Waals surface area contributed by atoms with Gasteiger partial charge in [0.15, 0.2) is 0 Å². The Kier molecular flexibility index (Phi) is 3.50. The first kappa shape index (κ1) is 13.1. The van der Waals surface area contributed by atoms with Crippen LogP contribution in [0, 0.1) is 6.92 Å². The van der Waals surface area contributed by atoms with E-state index >= 15 is 0 Å². The summed E-state index contributed by atoms with van der Waals surface area (Å²) in [5, 5.41) is 4.06. The van der Waals surface area contributed by atoms with E-state index in [1.165, 1.54) is 23.9 Å². The van der Waals surface area contributed by atoms with Crippen molar-refractivity contribution in [2.24, 2.45) is 0 Å². The first-order chi connectivity index (χ1) is 9.02. The summed E-state index contributed by atoms with van der Waals surface area (Å²) in [4.78, 5) is 23.1. The van der Waals surface area contributed by atoms with Gasteiger partial charge < -0.3 is 9.15 Å². The number of aryl methyl sites for hydroxylation is 1. The Morgan fingerprint density at radius 1 is 1.47 bits per heavy atom. The van der Waals surface area contributed by atoms with Crippen LogP contribution in [0.1, 0.15) is 34.8 Å². The lowest BCUT2D eigenvalue weighted by Gasteiger charge is -2.10. The molecule has 0 radical (unpaired) electrons. The van der Waals surface area contributed by atoms with Crippen LogP contribution < -0.4 is 5.56 Å². The smallest absolute Gasteiger partial charge is 0.373 e. The zero-order chi connectivity index (χ0) is 14.0. The molecule has 0 saturated heterocycles. The Morgan fingerprint density at radius 3 is 2.84 bits per heavy atom. The van der Waals surface area contributed by atoms with E-state index in [0.717, 1.165) is 5.56 Å². The Bertz CT molecular complexity index is 657. The fraction of sp³-hybridized carbons (Fsp3) is 0.308. The highest BCUT2D eigenvalue weighted by Gasteiger charge is 2.17. The van der Waals surface area contributed by atoms with Gasteiger partial charge in [-0.3, -0.25) is 4.79 Å². The number of hydrogen-bond acceptors (Lipinski definition) is 5. The van der Waals surface area contributed by atoms with Crippen LogP contribution in [0.5, 0.6) is 0 Å². The first-order valence-corrected chi connectivity index (χ1v) is 5.76. The van der Waals surface area contributed by atoms with E-state index in [2.05, 4.69) is 9.84 Å². The van der Waals surface area contributed by atoms with Crippen molar-refractivity contribution >= 4 is 5.97 Å². The van der Waals surface area contributed by atoms with Crippen LogP contribution in [0.25, 0.3) is 0 Å². The highest BCUT2D eigenvalue weighted by Crippen LogP contribution is 2.18. The van der Waals surface area contributed by atoms with Crippen molar-refractivity contribution in [2.75, 3.05) is 7.11 Å². The van der Waals surface area contributed by atoms with E-state index in [1.54, 1.807) is 26.1 Å². The van der Waals surface area contributed by atoms with Crippen molar-refractivity contribution in [3.8, 4) is 0 Å². The molecule has 0 saturated carbocycles. The maximum absolute atomic E-state index is 11.8. The molecule has 6 nitrogen and oxygen atoms in total. The van der Waals surface area contributed by atoms with E-state index < -0.39 is 12.0 Å². The van der Waals surface area contributed by atoms with E-state index in [4.69, 9.17) is 4.42 Å². The summed E-state index contributed by atoms with van der Waals surface area (Å²) in [6, 6.07) is 4.24. The van der Waals surface area contributed by atoms with Crippen LogP contribution in [-0.4, -0.2) is 22.9 Å². The predicted molar refractivity (Wildman–Crippen MR) is 67.1 cm³/mol. The van der Waals surface area contributed by atoms with Crippen molar-refractivity contribution in [1.82, 2.24) is 9.78 Å². The van der Waals surface area contributed by atoms with E-state index in [9.17, 15) is 9.59 Å². The average molecular weight is 262 g/mol. The van der Waals surface area contributed by atoms with Gasteiger partial charge >= 0.3 is 5.97 Å². The van der Waals surface area contributed by atoms with Crippen molar-refractivity contribution in [3.05, 3.63) is 51.8 Å². The van der Waals surface area contributed by atoms with Gasteiger partial charge in [0, 0.05) is 6.07 Å². The second kappa shape index (κ2) is 5.09. The van der Waals surface area contributed by atoms with Gasteiger partial charge in [0.1, 0.15) is 11.8 Å². The molecule has 2 aromatic heterocycles. The summed E-state index contributed by atoms with van der Waals surface area (Å²) in [6.07, 6.45) is 1.60. The van der Waals surface area contributed by atoms with Crippen molar-refractivity contribution < 1.29 is 13.9 Å². The Morgan fingerprint density at radius 2 is 2.21 bits per heavy atom. The molecular weight excluding hydrogens is 248 g/mol. The average Bonchev–Trinajstić information content (AvgIpc) is 2.86. The normalized spacial score (nSPS) is 12.2. The molecule has 0 spiro atoms. The van der Waals surface area contributed by atoms with Crippen LogP contribution in [0.2, 0.25) is 0 Å². The van der Waals surface area contributed by atoms with Gasteiger partial charge in [0.25, 0.3) is 5.56 Å². The number of hydrogen-bond donors (Lipinski definition) is 0. The fourth-order valence-electron chi connectivity index (χ4n) is 1.71. The minimum absolute atomic E-state index is 0.101. The maximum atomic E-state index is 11.8. The number of aromatic nitrogens is 2. The van der Waals surface area contributed by atoms with E-state index in [0.29, 0.717) is 5.76 Å². The summed E-state index contributed by atoms with van der Waals surface area (Å²) in [5.74, 6) is 0.0195. The fourth-order valence-corrected chi connectivity index (χ4v) is 1.71. The van der Waals surface area contributed by atoms with Gasteiger partial charge in [-0.2, -0.15) is 5.10 Å². The third kappa shape index (κ3) is 2.57. The zero-order valence-corrected chi connectivity index (χ0v) is 10.9. The molecule has 1 atom stereocenters. The number of esters is 1. The quantitative estimate of drug-likeness (QED) is 0.784. The lowest BCUT2D eigenvalue weighted by molar-refractivity contribution is 0.0562. The van der Waals surface area contributed by atoms with E-state index in [-0.39, 0.29) is 11.3 Å². The molecule has 0 fully saturated rings. The third-order valence-electron chi connectivity index (χ3n) is 2.75. The van der Waals surface area contributed by atoms with Crippen LogP contribution in [0.4, 0.5) is 0 Å². The van der Waals surface area contributed by atoms with Crippen LogP contribution in [-0.2, 0) is 4.74 Å². The van der Waals surface area contributed by atoms with Gasteiger partial charge in [-0.25, -0.2) is 9.48 Å². The van der Waals surface area contributed by atoms with Gasteiger partial charge in [0.2, 0.25) is 5.76 Å². The van der Waals surface area contributed by atoms with Crippen molar-refractivity contribution in [3.63, 3.8) is 0 Å². The van der Waals surface area contributed by atoms with Crippen molar-refractivity contribution in [2.45, 2.75) is 19.9 Å². The number of carbonyl (C=O) groups excluding carboxylic acids is 1. The summed E-state index contributed by atoms with van der Waals surface area (Å²) in [7, 11) is 1.28. The molecule has 0 aliphatic heterocycles. The third-order valence-corrected chi connectivity index (χ3v) is 2.75. The van der Waals surface area contributed by atoms with Gasteiger partial charge in [0.05, 0.1) is 13.3 Å². The second-order valence-electron chi connectivity index (χ2n) is 4.19. The van der Waals surface area contributed by atoms with Crippen molar-refractivity contribution in [1.29, 1.82) is 0 Å². The molecule has 2 heterocycles. The maximum Gasteiger partial charge on any atom is 0.373 e. The minimum atomic E-state index is -0.553. The molecule has 0 amide bonds. The summed E-state index contributed by atoms with van der Waals surface area (Å²) >= 11 is 0. The Balaban J connectivity index is 2.33. The van der Waals surface area contributed by atoms with Crippen LogP contribution >= 0.6 is 0 Å². The Labute approximate surface area is 109 Å². The second-order valence-corrected chi connectivity index (χ2v) is 4.19. The molecule has 0 bridgehead atoms. The molecule has 2 aromatic rings. The van der Waals surface area contributed by atoms with Gasteiger partial charge in [-0.05, 0) is 31.5 Å². The van der Waals surface area contributed by atoms with Gasteiger partial charge in [-0.15, -0.1) is 0 Å². The molecule has 19 heavy (non-hydrogen) atoms. The summed E-state index contributed by atoms with van der Waals surface area (Å²) in [5.41, 5.74) is 0.576.